The van der Waals surface area contributed by atoms with Crippen molar-refractivity contribution in [3.63, 3.8) is 0 Å². The number of anilines is 1. The maximum atomic E-state index is 14.7. The third kappa shape index (κ3) is 6.42. The average molecular weight is 569 g/mol. The minimum atomic E-state index is -0.790. The Morgan fingerprint density at radius 3 is 2.80 bits per heavy atom. The number of carbonyl (C=O) groups excluding carboxylic acids is 1. The number of esters is 1. The van der Waals surface area contributed by atoms with E-state index in [4.69, 9.17) is 10.5 Å². The average Bonchev–Trinajstić information content (AvgIpc) is 3.69. The van der Waals surface area contributed by atoms with Crippen molar-refractivity contribution in [1.82, 2.24) is 29.5 Å². The van der Waals surface area contributed by atoms with Crippen LogP contribution in [0.4, 0.5) is 14.5 Å². The van der Waals surface area contributed by atoms with Gasteiger partial charge in [-0.3, -0.25) is 9.48 Å². The highest BCUT2D eigenvalue weighted by atomic mass is 32.1. The van der Waals surface area contributed by atoms with Gasteiger partial charge in [0.25, 0.3) is 0 Å². The van der Waals surface area contributed by atoms with Crippen LogP contribution in [0.1, 0.15) is 57.2 Å². The van der Waals surface area contributed by atoms with Gasteiger partial charge >= 0.3 is 5.97 Å². The monoisotopic (exact) mass is 568 g/mol. The molecule has 0 aliphatic heterocycles. The van der Waals surface area contributed by atoms with Gasteiger partial charge in [-0.1, -0.05) is 25.8 Å². The van der Waals surface area contributed by atoms with Crippen LogP contribution in [-0.4, -0.2) is 41.5 Å². The lowest BCUT2D eigenvalue weighted by molar-refractivity contribution is -0.148. The van der Waals surface area contributed by atoms with Gasteiger partial charge in [0.2, 0.25) is 5.95 Å². The van der Waals surface area contributed by atoms with Gasteiger partial charge in [-0.15, -0.1) is 11.3 Å². The molecule has 1 aliphatic carbocycles. The second-order valence-corrected chi connectivity index (χ2v) is 10.7. The fourth-order valence-electron chi connectivity index (χ4n) is 4.55. The number of rotatable bonds is 10. The lowest BCUT2D eigenvalue weighted by Crippen LogP contribution is -2.21. The van der Waals surface area contributed by atoms with Crippen LogP contribution in [0.5, 0.6) is 0 Å². The molecule has 0 amide bonds. The summed E-state index contributed by atoms with van der Waals surface area (Å²) in [6.45, 7) is 5.82. The normalized spacial score (nSPS) is 14.7. The Hall–Kier alpha value is -3.97. The van der Waals surface area contributed by atoms with Gasteiger partial charge in [-0.05, 0) is 31.9 Å². The smallest absolute Gasteiger partial charge is 0.309 e. The molecule has 0 aromatic carbocycles. The van der Waals surface area contributed by atoms with Crippen molar-refractivity contribution in [2.75, 3.05) is 5.32 Å². The lowest BCUT2D eigenvalue weighted by atomic mass is 9.96. The number of nitrogens with two attached hydrogens (primary N) is 1. The number of ether oxygens (including phenoxy) is 1. The van der Waals surface area contributed by atoms with Crippen LogP contribution < -0.4 is 11.1 Å². The summed E-state index contributed by atoms with van der Waals surface area (Å²) < 4.78 is 37.2. The fraction of sp³-hybridized carbons (Fsp3) is 0.370. The number of pyridine rings is 1. The van der Waals surface area contributed by atoms with Crippen LogP contribution in [0.3, 0.4) is 0 Å². The second kappa shape index (κ2) is 12.0. The number of hydrogen-bond donors (Lipinski definition) is 2. The van der Waals surface area contributed by atoms with E-state index in [1.165, 1.54) is 22.4 Å². The number of hydrogen-bond acceptors (Lipinski definition) is 9. The molecule has 4 heterocycles. The topological polar surface area (TPSA) is 126 Å². The van der Waals surface area contributed by atoms with E-state index >= 15 is 0 Å². The van der Waals surface area contributed by atoms with E-state index in [9.17, 15) is 13.6 Å². The van der Waals surface area contributed by atoms with E-state index in [1.807, 2.05) is 10.1 Å². The van der Waals surface area contributed by atoms with Gasteiger partial charge in [0.15, 0.2) is 12.5 Å². The molecule has 3 N–H and O–H groups in total. The first-order valence-corrected chi connectivity index (χ1v) is 13.9. The molecule has 4 aromatic heterocycles. The van der Waals surface area contributed by atoms with Crippen molar-refractivity contribution in [2.45, 2.75) is 64.3 Å². The van der Waals surface area contributed by atoms with Gasteiger partial charge in [0.1, 0.15) is 16.4 Å². The molecule has 1 aliphatic rings. The summed E-state index contributed by atoms with van der Waals surface area (Å²) in [6, 6.07) is 1.92. The highest BCUT2D eigenvalue weighted by molar-refractivity contribution is 7.13. The maximum Gasteiger partial charge on any atom is 0.309 e. The summed E-state index contributed by atoms with van der Waals surface area (Å²) in [6.07, 6.45) is 10.6. The first kappa shape index (κ1) is 27.6. The summed E-state index contributed by atoms with van der Waals surface area (Å²) >= 11 is 1.39. The van der Waals surface area contributed by atoms with E-state index in [2.05, 4.69) is 32.1 Å². The molecule has 0 spiro atoms. The van der Waals surface area contributed by atoms with E-state index in [0.717, 1.165) is 43.4 Å². The van der Waals surface area contributed by atoms with Crippen molar-refractivity contribution in [3.8, 4) is 22.0 Å². The summed E-state index contributed by atoms with van der Waals surface area (Å²) in [5.41, 5.74) is 7.89. The lowest BCUT2D eigenvalue weighted by Gasteiger charge is -2.21. The van der Waals surface area contributed by atoms with Crippen LogP contribution in [0.15, 0.2) is 42.7 Å². The molecule has 13 heteroatoms. The molecular formula is C27H30F2N8O2S. The second-order valence-electron chi connectivity index (χ2n) is 9.86. The van der Waals surface area contributed by atoms with Crippen LogP contribution in [-0.2, 0) is 16.3 Å². The summed E-state index contributed by atoms with van der Waals surface area (Å²) in [7, 11) is 0. The SMILES string of the molecule is C=C(Nc1cn(C2CCCCC2)nc1-c1nc(F)ccc1F)c1csc(-c2cnn(COC(=O)CC(C)N)c2)n1. The Morgan fingerprint density at radius 2 is 2.02 bits per heavy atom. The number of nitrogens with one attached hydrogen (secondary N) is 1. The van der Waals surface area contributed by atoms with E-state index in [-0.39, 0.29) is 36.6 Å². The quantitative estimate of drug-likeness (QED) is 0.193. The van der Waals surface area contributed by atoms with E-state index < -0.39 is 17.7 Å². The summed E-state index contributed by atoms with van der Waals surface area (Å²) in [5.74, 6) is -1.85. The first-order chi connectivity index (χ1) is 19.3. The van der Waals surface area contributed by atoms with Gasteiger partial charge in [-0.25, -0.2) is 19.0 Å². The third-order valence-corrected chi connectivity index (χ3v) is 7.43. The zero-order valence-corrected chi connectivity index (χ0v) is 22.8. The molecule has 1 fully saturated rings. The number of halogens is 2. The van der Waals surface area contributed by atoms with Crippen LogP contribution in [0.2, 0.25) is 0 Å². The molecule has 40 heavy (non-hydrogen) atoms. The minimum Gasteiger partial charge on any atom is -0.442 e. The maximum absolute atomic E-state index is 14.7. The predicted octanol–water partition coefficient (Wildman–Crippen LogP) is 5.37. The predicted molar refractivity (Wildman–Crippen MR) is 148 cm³/mol. The molecule has 1 unspecified atom stereocenters. The highest BCUT2D eigenvalue weighted by Crippen LogP contribution is 2.35. The third-order valence-electron chi connectivity index (χ3n) is 6.54. The molecule has 0 saturated heterocycles. The van der Waals surface area contributed by atoms with E-state index in [0.29, 0.717) is 22.1 Å². The largest absolute Gasteiger partial charge is 0.442 e. The zero-order chi connectivity index (χ0) is 28.2. The molecule has 1 saturated carbocycles. The first-order valence-electron chi connectivity index (χ1n) is 13.0. The zero-order valence-electron chi connectivity index (χ0n) is 22.0. The fourth-order valence-corrected chi connectivity index (χ4v) is 5.36. The molecule has 10 nitrogen and oxygen atoms in total. The molecule has 5 rings (SSSR count). The van der Waals surface area contributed by atoms with Crippen molar-refractivity contribution in [3.05, 3.63) is 60.1 Å². The minimum absolute atomic E-state index is 0.0313. The van der Waals surface area contributed by atoms with Crippen LogP contribution in [0, 0.1) is 11.8 Å². The molecule has 1 atom stereocenters. The Balaban J connectivity index is 1.33. The van der Waals surface area contributed by atoms with Crippen molar-refractivity contribution in [1.29, 1.82) is 0 Å². The van der Waals surface area contributed by atoms with E-state index in [1.54, 1.807) is 25.5 Å². The molecule has 0 radical (unpaired) electrons. The number of thiazole rings is 1. The van der Waals surface area contributed by atoms with Gasteiger partial charge in [-0.2, -0.15) is 14.6 Å². The molecule has 0 bridgehead atoms. The summed E-state index contributed by atoms with van der Waals surface area (Å²) in [5, 5.41) is 14.6. The molecular weight excluding hydrogens is 538 g/mol. The summed E-state index contributed by atoms with van der Waals surface area (Å²) in [4.78, 5) is 20.2. The van der Waals surface area contributed by atoms with Crippen molar-refractivity contribution < 1.29 is 18.3 Å². The van der Waals surface area contributed by atoms with Crippen molar-refractivity contribution >= 4 is 28.7 Å². The number of aromatic nitrogens is 6. The Bertz CT molecular complexity index is 1510. The number of nitrogens with zero attached hydrogens (tertiary/aromatic N) is 6. The van der Waals surface area contributed by atoms with Crippen LogP contribution >= 0.6 is 11.3 Å². The molecule has 4 aromatic rings. The number of carbonyl (C=O) groups is 1. The highest BCUT2D eigenvalue weighted by Gasteiger charge is 2.23. The Labute approximate surface area is 233 Å². The van der Waals surface area contributed by atoms with Crippen LogP contribution in [0.25, 0.3) is 27.7 Å². The van der Waals surface area contributed by atoms with Gasteiger partial charge in [0.05, 0.1) is 35.7 Å². The Kier molecular flexibility index (Phi) is 8.31. The van der Waals surface area contributed by atoms with Gasteiger partial charge < -0.3 is 15.8 Å². The Morgan fingerprint density at radius 1 is 1.23 bits per heavy atom. The standard InChI is InChI=1S/C27H30F2N8O2S/c1-16(30)10-24(38)39-15-36-12-18(11-31-36)27-33-22(14-40-27)17(2)32-21-13-37(19-6-4-3-5-7-19)35-26(21)25-20(28)8-9-23(29)34-25/h8-9,11-14,16,19,32H,2-7,10,15,30H2,1H3. The van der Waals surface area contributed by atoms with Crippen molar-refractivity contribution in [2.24, 2.45) is 5.73 Å². The van der Waals surface area contributed by atoms with Gasteiger partial charge in [0, 0.05) is 29.4 Å². The molecule has 210 valence electrons.